The Morgan fingerprint density at radius 1 is 1.11 bits per heavy atom. The highest BCUT2D eigenvalue weighted by molar-refractivity contribution is 7.80. The summed E-state index contributed by atoms with van der Waals surface area (Å²) in [4.78, 5) is 25.0. The minimum Gasteiger partial charge on any atom is -0.497 e. The van der Waals surface area contributed by atoms with Crippen molar-refractivity contribution >= 4 is 28.9 Å². The van der Waals surface area contributed by atoms with E-state index in [1.807, 2.05) is 0 Å². The van der Waals surface area contributed by atoms with Gasteiger partial charge in [0.2, 0.25) is 0 Å². The molecule has 7 nitrogen and oxygen atoms in total. The van der Waals surface area contributed by atoms with Crippen LogP contribution in [0.3, 0.4) is 0 Å². The summed E-state index contributed by atoms with van der Waals surface area (Å²) in [5.74, 6) is 0.0333. The third-order valence-electron chi connectivity index (χ3n) is 4.07. The van der Waals surface area contributed by atoms with Gasteiger partial charge in [0.1, 0.15) is 10.7 Å². The van der Waals surface area contributed by atoms with Crippen LogP contribution in [0.1, 0.15) is 22.8 Å². The molecule has 0 saturated heterocycles. The molecule has 0 heterocycles. The Kier molecular flexibility index (Phi) is 6.12. The van der Waals surface area contributed by atoms with Gasteiger partial charge >= 0.3 is 5.97 Å². The summed E-state index contributed by atoms with van der Waals surface area (Å²) >= 11 is 5.51. The number of likely N-dealkylation sites (N-methyl/N-ethyl adjacent to an activating group) is 1. The Balaban J connectivity index is 2.37. The third kappa shape index (κ3) is 4.40. The molecule has 1 unspecified atom stereocenters. The second-order valence-corrected chi connectivity index (χ2v) is 6.54. The Hall–Kier alpha value is -3.00. The number of nitro benzene ring substituents is 1. The van der Waals surface area contributed by atoms with E-state index in [-0.39, 0.29) is 11.3 Å². The summed E-state index contributed by atoms with van der Waals surface area (Å²) in [6.45, 7) is 1.71. The molecule has 0 bridgehead atoms. The number of hydrogen-bond donors (Lipinski definition) is 0. The van der Waals surface area contributed by atoms with Crippen molar-refractivity contribution in [3.8, 4) is 5.75 Å². The molecule has 2 aromatic rings. The van der Waals surface area contributed by atoms with E-state index in [0.717, 1.165) is 0 Å². The first-order valence-electron chi connectivity index (χ1n) is 8.03. The SMILES string of the molecule is COc1ccc(C(C)(OC(=O)c2ccc([N+](=O)[O-])cc2)C(=S)N(C)C)cc1. The molecule has 142 valence electrons. The van der Waals surface area contributed by atoms with E-state index in [9.17, 15) is 14.9 Å². The highest BCUT2D eigenvalue weighted by Gasteiger charge is 2.37. The summed E-state index contributed by atoms with van der Waals surface area (Å²) in [5, 5.41) is 10.8. The molecule has 27 heavy (non-hydrogen) atoms. The maximum absolute atomic E-state index is 12.7. The van der Waals surface area contributed by atoms with E-state index in [2.05, 4.69) is 0 Å². The number of rotatable bonds is 6. The molecule has 0 saturated carbocycles. The molecule has 0 N–H and O–H groups in total. The van der Waals surface area contributed by atoms with Crippen molar-refractivity contribution in [3.63, 3.8) is 0 Å². The second-order valence-electron chi connectivity index (χ2n) is 6.15. The van der Waals surface area contributed by atoms with Gasteiger partial charge in [-0.2, -0.15) is 0 Å². The average molecular weight is 388 g/mol. The normalized spacial score (nSPS) is 12.6. The van der Waals surface area contributed by atoms with Gasteiger partial charge in [-0.3, -0.25) is 10.1 Å². The van der Waals surface area contributed by atoms with Gasteiger partial charge in [-0.05, 0) is 31.2 Å². The van der Waals surface area contributed by atoms with Crippen LogP contribution in [0, 0.1) is 10.1 Å². The van der Waals surface area contributed by atoms with Crippen LogP contribution in [0.4, 0.5) is 5.69 Å². The molecule has 2 rings (SSSR count). The highest BCUT2D eigenvalue weighted by atomic mass is 32.1. The van der Waals surface area contributed by atoms with Gasteiger partial charge in [0, 0.05) is 31.8 Å². The van der Waals surface area contributed by atoms with Crippen molar-refractivity contribution in [2.24, 2.45) is 0 Å². The van der Waals surface area contributed by atoms with Gasteiger partial charge in [-0.25, -0.2) is 4.79 Å². The summed E-state index contributed by atoms with van der Waals surface area (Å²) in [6, 6.07) is 12.3. The number of methoxy groups -OCH3 is 1. The molecule has 0 aliphatic rings. The van der Waals surface area contributed by atoms with Crippen molar-refractivity contribution in [3.05, 3.63) is 69.8 Å². The molecule has 0 aliphatic carbocycles. The highest BCUT2D eigenvalue weighted by Crippen LogP contribution is 2.31. The van der Waals surface area contributed by atoms with E-state index < -0.39 is 16.5 Å². The van der Waals surface area contributed by atoms with Crippen molar-refractivity contribution in [1.82, 2.24) is 4.90 Å². The largest absolute Gasteiger partial charge is 0.497 e. The van der Waals surface area contributed by atoms with Gasteiger partial charge in [0.25, 0.3) is 5.69 Å². The van der Waals surface area contributed by atoms with Crippen LogP contribution in [0.2, 0.25) is 0 Å². The first kappa shape index (κ1) is 20.3. The van der Waals surface area contributed by atoms with Gasteiger partial charge in [0.15, 0.2) is 5.60 Å². The van der Waals surface area contributed by atoms with Crippen molar-refractivity contribution in [2.75, 3.05) is 21.2 Å². The van der Waals surface area contributed by atoms with Crippen LogP contribution in [0.5, 0.6) is 5.75 Å². The molecule has 1 atom stereocenters. The zero-order valence-electron chi connectivity index (χ0n) is 15.5. The lowest BCUT2D eigenvalue weighted by atomic mass is 9.94. The fraction of sp³-hybridized carbons (Fsp3) is 0.263. The quantitative estimate of drug-likeness (QED) is 0.324. The van der Waals surface area contributed by atoms with Crippen molar-refractivity contribution in [2.45, 2.75) is 12.5 Å². The lowest BCUT2D eigenvalue weighted by Crippen LogP contribution is -2.43. The van der Waals surface area contributed by atoms with E-state index in [1.54, 1.807) is 57.3 Å². The molecule has 0 aliphatic heterocycles. The molecule has 0 spiro atoms. The fourth-order valence-corrected chi connectivity index (χ4v) is 2.68. The Labute approximate surface area is 162 Å². The lowest BCUT2D eigenvalue weighted by molar-refractivity contribution is -0.384. The van der Waals surface area contributed by atoms with E-state index in [4.69, 9.17) is 21.7 Å². The maximum atomic E-state index is 12.7. The predicted octanol–water partition coefficient (Wildman–Crippen LogP) is 3.56. The predicted molar refractivity (Wildman–Crippen MR) is 105 cm³/mol. The molecule has 0 amide bonds. The maximum Gasteiger partial charge on any atom is 0.339 e. The van der Waals surface area contributed by atoms with Crippen molar-refractivity contribution < 1.29 is 19.2 Å². The second kappa shape index (κ2) is 8.13. The minimum atomic E-state index is -1.20. The molecular weight excluding hydrogens is 368 g/mol. The van der Waals surface area contributed by atoms with Gasteiger partial charge in [-0.15, -0.1) is 0 Å². The molecular formula is C19H20N2O5S. The smallest absolute Gasteiger partial charge is 0.339 e. The average Bonchev–Trinajstić information content (AvgIpc) is 2.67. The van der Waals surface area contributed by atoms with Crippen molar-refractivity contribution in [1.29, 1.82) is 0 Å². The fourth-order valence-electron chi connectivity index (χ4n) is 2.53. The van der Waals surface area contributed by atoms with Gasteiger partial charge in [-0.1, -0.05) is 24.4 Å². The van der Waals surface area contributed by atoms with Crippen LogP contribution in [-0.2, 0) is 10.3 Å². The number of carbonyl (C=O) groups is 1. The monoisotopic (exact) mass is 388 g/mol. The minimum absolute atomic E-state index is 0.103. The Bertz CT molecular complexity index is 849. The standard InChI is InChI=1S/C19H20N2O5S/c1-19(18(27)20(2)3,14-7-11-16(25-4)12-8-14)26-17(22)13-5-9-15(10-6-13)21(23)24/h5-12H,1-4H3. The molecule has 8 heteroatoms. The third-order valence-corrected chi connectivity index (χ3v) is 4.82. The van der Waals surface area contributed by atoms with E-state index in [1.165, 1.54) is 24.3 Å². The zero-order chi connectivity index (χ0) is 20.2. The lowest BCUT2D eigenvalue weighted by Gasteiger charge is -2.34. The first-order chi connectivity index (χ1) is 12.7. The topological polar surface area (TPSA) is 81.9 Å². The number of carbonyl (C=O) groups excluding carboxylic acids is 1. The Morgan fingerprint density at radius 2 is 1.67 bits per heavy atom. The van der Waals surface area contributed by atoms with Gasteiger partial charge < -0.3 is 14.4 Å². The summed E-state index contributed by atoms with van der Waals surface area (Å²) in [7, 11) is 5.10. The summed E-state index contributed by atoms with van der Waals surface area (Å²) in [5.41, 5.74) is -0.434. The van der Waals surface area contributed by atoms with Crippen LogP contribution in [0.15, 0.2) is 48.5 Å². The molecule has 0 aromatic heterocycles. The summed E-state index contributed by atoms with van der Waals surface area (Å²) in [6.07, 6.45) is 0. The van der Waals surface area contributed by atoms with Gasteiger partial charge in [0.05, 0.1) is 17.6 Å². The molecule has 0 fully saturated rings. The Morgan fingerprint density at radius 3 is 2.11 bits per heavy atom. The van der Waals surface area contributed by atoms with Crippen LogP contribution >= 0.6 is 12.2 Å². The number of non-ortho nitro benzene ring substituents is 1. The van der Waals surface area contributed by atoms with Crippen LogP contribution in [-0.4, -0.2) is 42.0 Å². The number of ether oxygens (including phenoxy) is 2. The van der Waals surface area contributed by atoms with E-state index in [0.29, 0.717) is 16.3 Å². The number of nitro groups is 1. The first-order valence-corrected chi connectivity index (χ1v) is 8.44. The number of esters is 1. The zero-order valence-corrected chi connectivity index (χ0v) is 16.3. The number of nitrogens with zero attached hydrogens (tertiary/aromatic N) is 2. The molecule has 0 radical (unpaired) electrons. The number of hydrogen-bond acceptors (Lipinski definition) is 6. The van der Waals surface area contributed by atoms with Crippen LogP contribution in [0.25, 0.3) is 0 Å². The number of benzene rings is 2. The number of thiocarbonyl (C=S) groups is 1. The summed E-state index contributed by atoms with van der Waals surface area (Å²) < 4.78 is 10.9. The van der Waals surface area contributed by atoms with Crippen LogP contribution < -0.4 is 4.74 Å². The van der Waals surface area contributed by atoms with E-state index >= 15 is 0 Å². The molecule has 2 aromatic carbocycles.